The van der Waals surface area contributed by atoms with Crippen molar-refractivity contribution in [2.24, 2.45) is 0 Å². The summed E-state index contributed by atoms with van der Waals surface area (Å²) in [6.45, 7) is 2.00. The zero-order valence-electron chi connectivity index (χ0n) is 9.22. The van der Waals surface area contributed by atoms with Crippen LogP contribution >= 0.6 is 15.9 Å². The molecule has 0 aliphatic rings. The minimum Gasteiger partial charge on any atom is -0.481 e. The van der Waals surface area contributed by atoms with Crippen molar-refractivity contribution in [3.63, 3.8) is 0 Å². The number of carboxylic acid groups (broad SMARTS) is 1. The highest BCUT2D eigenvalue weighted by Crippen LogP contribution is 2.19. The van der Waals surface area contributed by atoms with Crippen molar-refractivity contribution >= 4 is 21.9 Å². The Balaban J connectivity index is 2.33. The third kappa shape index (κ3) is 2.74. The molecule has 0 radical (unpaired) electrons. The standard InChI is InChI=1S/C12H11BrN2O2/c1-8-4-9(13)2-3-11(8)15-6-10(14-7-15)5-12(16)17/h2-4,6-7H,5H2,1H3,(H,16,17). The Bertz CT molecular complexity index is 563. The van der Waals surface area contributed by atoms with E-state index >= 15 is 0 Å². The van der Waals surface area contributed by atoms with Crippen molar-refractivity contribution in [2.45, 2.75) is 13.3 Å². The molecule has 0 fully saturated rings. The van der Waals surface area contributed by atoms with Gasteiger partial charge in [0, 0.05) is 16.4 Å². The van der Waals surface area contributed by atoms with E-state index in [0.717, 1.165) is 15.7 Å². The molecular formula is C12H11BrN2O2. The molecule has 0 saturated carbocycles. The van der Waals surface area contributed by atoms with Crippen molar-refractivity contribution in [3.05, 3.63) is 46.5 Å². The molecule has 1 aromatic heterocycles. The van der Waals surface area contributed by atoms with Crippen LogP contribution in [0.2, 0.25) is 0 Å². The van der Waals surface area contributed by atoms with E-state index in [2.05, 4.69) is 20.9 Å². The van der Waals surface area contributed by atoms with Gasteiger partial charge in [-0.3, -0.25) is 4.79 Å². The summed E-state index contributed by atoms with van der Waals surface area (Å²) in [4.78, 5) is 14.6. The van der Waals surface area contributed by atoms with Crippen molar-refractivity contribution in [2.75, 3.05) is 0 Å². The fraction of sp³-hybridized carbons (Fsp3) is 0.167. The number of carboxylic acids is 1. The Morgan fingerprint density at radius 2 is 2.29 bits per heavy atom. The highest BCUT2D eigenvalue weighted by atomic mass is 79.9. The molecule has 0 amide bonds. The minimum atomic E-state index is -0.872. The average molecular weight is 295 g/mol. The lowest BCUT2D eigenvalue weighted by atomic mass is 10.2. The van der Waals surface area contributed by atoms with Gasteiger partial charge < -0.3 is 9.67 Å². The van der Waals surface area contributed by atoms with Crippen LogP contribution in [0.3, 0.4) is 0 Å². The molecule has 2 rings (SSSR count). The second-order valence-electron chi connectivity index (χ2n) is 3.77. The van der Waals surface area contributed by atoms with E-state index in [0.29, 0.717) is 5.69 Å². The molecule has 17 heavy (non-hydrogen) atoms. The first-order valence-electron chi connectivity index (χ1n) is 5.07. The first-order valence-corrected chi connectivity index (χ1v) is 5.87. The quantitative estimate of drug-likeness (QED) is 0.947. The highest BCUT2D eigenvalue weighted by Gasteiger charge is 2.06. The number of carbonyl (C=O) groups is 1. The normalized spacial score (nSPS) is 10.5. The Hall–Kier alpha value is -1.62. The number of aryl methyl sites for hydroxylation is 1. The van der Waals surface area contributed by atoms with E-state index in [9.17, 15) is 4.79 Å². The van der Waals surface area contributed by atoms with Gasteiger partial charge in [0.1, 0.15) is 0 Å². The molecule has 0 unspecified atom stereocenters. The smallest absolute Gasteiger partial charge is 0.309 e. The van der Waals surface area contributed by atoms with Crippen molar-refractivity contribution in [1.82, 2.24) is 9.55 Å². The van der Waals surface area contributed by atoms with Crippen LogP contribution in [0.5, 0.6) is 0 Å². The molecule has 0 aliphatic carbocycles. The van der Waals surface area contributed by atoms with Crippen LogP contribution in [0, 0.1) is 6.92 Å². The monoisotopic (exact) mass is 294 g/mol. The highest BCUT2D eigenvalue weighted by molar-refractivity contribution is 9.10. The molecule has 0 spiro atoms. The van der Waals surface area contributed by atoms with Crippen molar-refractivity contribution in [3.8, 4) is 5.69 Å². The van der Waals surface area contributed by atoms with Crippen LogP contribution in [0.1, 0.15) is 11.3 Å². The average Bonchev–Trinajstić information content (AvgIpc) is 2.65. The van der Waals surface area contributed by atoms with E-state index in [1.54, 1.807) is 12.5 Å². The molecule has 88 valence electrons. The predicted molar refractivity (Wildman–Crippen MR) is 67.3 cm³/mol. The zero-order chi connectivity index (χ0) is 12.4. The van der Waals surface area contributed by atoms with Gasteiger partial charge >= 0.3 is 5.97 Å². The zero-order valence-corrected chi connectivity index (χ0v) is 10.8. The molecule has 0 saturated heterocycles. The van der Waals surface area contributed by atoms with Gasteiger partial charge in [0.2, 0.25) is 0 Å². The van der Waals surface area contributed by atoms with Gasteiger partial charge in [-0.25, -0.2) is 4.98 Å². The van der Waals surface area contributed by atoms with E-state index in [4.69, 9.17) is 5.11 Å². The van der Waals surface area contributed by atoms with Gasteiger partial charge in [0.15, 0.2) is 0 Å². The topological polar surface area (TPSA) is 55.1 Å². The Morgan fingerprint density at radius 1 is 1.53 bits per heavy atom. The van der Waals surface area contributed by atoms with E-state index in [-0.39, 0.29) is 6.42 Å². The summed E-state index contributed by atoms with van der Waals surface area (Å²) < 4.78 is 2.85. The number of aromatic nitrogens is 2. The summed E-state index contributed by atoms with van der Waals surface area (Å²) in [7, 11) is 0. The number of benzene rings is 1. The second-order valence-corrected chi connectivity index (χ2v) is 4.69. The molecule has 4 nitrogen and oxygen atoms in total. The van der Waals surface area contributed by atoms with E-state index < -0.39 is 5.97 Å². The van der Waals surface area contributed by atoms with Crippen LogP contribution in [0.25, 0.3) is 5.69 Å². The SMILES string of the molecule is Cc1cc(Br)ccc1-n1cnc(CC(=O)O)c1. The minimum absolute atomic E-state index is 0.0530. The number of nitrogens with zero attached hydrogens (tertiary/aromatic N) is 2. The summed E-state index contributed by atoms with van der Waals surface area (Å²) in [6.07, 6.45) is 3.32. The van der Waals surface area contributed by atoms with E-state index in [1.165, 1.54) is 0 Å². The summed E-state index contributed by atoms with van der Waals surface area (Å²) >= 11 is 3.40. The van der Waals surface area contributed by atoms with Crippen LogP contribution in [0.15, 0.2) is 35.2 Å². The third-order valence-electron chi connectivity index (χ3n) is 2.41. The first-order chi connectivity index (χ1) is 8.06. The van der Waals surface area contributed by atoms with Gasteiger partial charge in [0.25, 0.3) is 0 Å². The van der Waals surface area contributed by atoms with Gasteiger partial charge in [-0.1, -0.05) is 15.9 Å². The van der Waals surface area contributed by atoms with Crippen LogP contribution in [0.4, 0.5) is 0 Å². The number of aliphatic carboxylic acids is 1. The number of rotatable bonds is 3. The third-order valence-corrected chi connectivity index (χ3v) is 2.90. The molecule has 2 aromatic rings. The predicted octanol–water partition coefficient (Wildman–Crippen LogP) is 2.57. The lowest BCUT2D eigenvalue weighted by Gasteiger charge is -2.06. The fourth-order valence-electron chi connectivity index (χ4n) is 1.65. The number of imidazole rings is 1. The molecule has 1 heterocycles. The Labute approximate surface area is 107 Å². The number of halogens is 1. The van der Waals surface area contributed by atoms with Crippen molar-refractivity contribution < 1.29 is 9.90 Å². The van der Waals surface area contributed by atoms with Gasteiger partial charge in [-0.05, 0) is 30.7 Å². The molecular weight excluding hydrogens is 284 g/mol. The summed E-state index contributed by atoms with van der Waals surface area (Å²) in [5.41, 5.74) is 2.65. The largest absolute Gasteiger partial charge is 0.481 e. The maximum absolute atomic E-state index is 10.6. The molecule has 5 heteroatoms. The Morgan fingerprint density at radius 3 is 2.94 bits per heavy atom. The van der Waals surface area contributed by atoms with Gasteiger partial charge in [-0.15, -0.1) is 0 Å². The molecule has 1 aromatic carbocycles. The lowest BCUT2D eigenvalue weighted by molar-refractivity contribution is -0.136. The van der Waals surface area contributed by atoms with Gasteiger partial charge in [0.05, 0.1) is 18.4 Å². The number of hydrogen-bond donors (Lipinski definition) is 1. The second kappa shape index (κ2) is 4.71. The molecule has 0 bridgehead atoms. The summed E-state index contributed by atoms with van der Waals surface area (Å²) in [5, 5.41) is 8.68. The molecule has 0 atom stereocenters. The fourth-order valence-corrected chi connectivity index (χ4v) is 2.13. The summed E-state index contributed by atoms with van der Waals surface area (Å²) in [5.74, 6) is -0.872. The maximum atomic E-state index is 10.6. The Kier molecular flexibility index (Phi) is 3.28. The van der Waals surface area contributed by atoms with Gasteiger partial charge in [-0.2, -0.15) is 0 Å². The van der Waals surface area contributed by atoms with Crippen LogP contribution in [-0.2, 0) is 11.2 Å². The van der Waals surface area contributed by atoms with Crippen LogP contribution < -0.4 is 0 Å². The lowest BCUT2D eigenvalue weighted by Crippen LogP contribution is -2.00. The molecule has 0 aliphatic heterocycles. The van der Waals surface area contributed by atoms with Crippen molar-refractivity contribution in [1.29, 1.82) is 0 Å². The number of hydrogen-bond acceptors (Lipinski definition) is 2. The maximum Gasteiger partial charge on any atom is 0.309 e. The molecule has 1 N–H and O–H groups in total. The summed E-state index contributed by atoms with van der Waals surface area (Å²) in [6, 6.07) is 5.91. The first kappa shape index (κ1) is 11.9. The van der Waals surface area contributed by atoms with Crippen LogP contribution in [-0.4, -0.2) is 20.6 Å². The van der Waals surface area contributed by atoms with E-state index in [1.807, 2.05) is 29.7 Å².